The van der Waals surface area contributed by atoms with Crippen LogP contribution in [-0.4, -0.2) is 0 Å². The van der Waals surface area contributed by atoms with Crippen LogP contribution in [0.15, 0.2) is 54.6 Å². The first-order valence-electron chi connectivity index (χ1n) is 8.25. The fourth-order valence-corrected chi connectivity index (χ4v) is 2.76. The summed E-state index contributed by atoms with van der Waals surface area (Å²) in [5.41, 5.74) is 4.53. The molecule has 0 N–H and O–H groups in total. The monoisotopic (exact) mass is 280 g/mol. The highest BCUT2D eigenvalue weighted by molar-refractivity contribution is 5.63. The van der Waals surface area contributed by atoms with Gasteiger partial charge in [0.05, 0.1) is 0 Å². The molecule has 0 aliphatic heterocycles. The van der Waals surface area contributed by atoms with Crippen LogP contribution in [0.4, 0.5) is 0 Å². The van der Waals surface area contributed by atoms with Crippen molar-refractivity contribution in [2.75, 3.05) is 0 Å². The van der Waals surface area contributed by atoms with E-state index < -0.39 is 0 Å². The minimum Gasteiger partial charge on any atom is -0.0654 e. The van der Waals surface area contributed by atoms with Crippen LogP contribution in [0.2, 0.25) is 0 Å². The zero-order chi connectivity index (χ0) is 15.1. The number of hydrogen-bond donors (Lipinski definition) is 0. The lowest BCUT2D eigenvalue weighted by Gasteiger charge is -2.24. The van der Waals surface area contributed by atoms with Crippen LogP contribution in [0.1, 0.15) is 52.0 Å². The van der Waals surface area contributed by atoms with Crippen molar-refractivity contribution in [3.63, 3.8) is 0 Å². The van der Waals surface area contributed by atoms with Gasteiger partial charge in [0, 0.05) is 0 Å². The van der Waals surface area contributed by atoms with E-state index in [1.807, 2.05) is 0 Å². The van der Waals surface area contributed by atoms with Crippen LogP contribution in [0, 0.1) is 5.41 Å². The highest BCUT2D eigenvalue weighted by Gasteiger charge is 2.16. The summed E-state index contributed by atoms with van der Waals surface area (Å²) in [5, 5.41) is 0. The first-order chi connectivity index (χ1) is 10.1. The van der Waals surface area contributed by atoms with Crippen LogP contribution >= 0.6 is 0 Å². The molecule has 0 aromatic heterocycles. The van der Waals surface area contributed by atoms with E-state index in [0.29, 0.717) is 5.41 Å². The van der Waals surface area contributed by atoms with E-state index in [4.69, 9.17) is 0 Å². The van der Waals surface area contributed by atoms with Crippen LogP contribution in [-0.2, 0) is 6.42 Å². The van der Waals surface area contributed by atoms with E-state index in [1.165, 1.54) is 48.8 Å². The molecule has 0 aliphatic rings. The molecule has 0 unspecified atom stereocenters. The van der Waals surface area contributed by atoms with Crippen molar-refractivity contribution in [1.82, 2.24) is 0 Å². The molecule has 0 radical (unpaired) electrons. The van der Waals surface area contributed by atoms with Crippen molar-refractivity contribution in [3.05, 3.63) is 60.2 Å². The van der Waals surface area contributed by atoms with Gasteiger partial charge < -0.3 is 0 Å². The molecule has 0 heteroatoms. The second kappa shape index (κ2) is 7.45. The average Bonchev–Trinajstić information content (AvgIpc) is 2.53. The lowest BCUT2D eigenvalue weighted by Crippen LogP contribution is -2.12. The Morgan fingerprint density at radius 1 is 0.762 bits per heavy atom. The van der Waals surface area contributed by atoms with Crippen molar-refractivity contribution >= 4 is 0 Å². The first-order valence-corrected chi connectivity index (χ1v) is 8.25. The molecule has 2 rings (SSSR count). The molecular weight excluding hydrogens is 252 g/mol. The molecule has 112 valence electrons. The number of benzene rings is 2. The summed E-state index contributed by atoms with van der Waals surface area (Å²) in [6, 6.07) is 19.7. The third kappa shape index (κ3) is 5.04. The summed E-state index contributed by atoms with van der Waals surface area (Å²) in [6.45, 7) is 7.08. The van der Waals surface area contributed by atoms with Crippen LogP contribution in [0.3, 0.4) is 0 Å². The fraction of sp³-hybridized carbons (Fsp3) is 0.429. The van der Waals surface area contributed by atoms with E-state index in [0.717, 1.165) is 0 Å². The Bertz CT molecular complexity index is 520. The van der Waals surface area contributed by atoms with Crippen molar-refractivity contribution in [3.8, 4) is 11.1 Å². The van der Waals surface area contributed by atoms with Gasteiger partial charge >= 0.3 is 0 Å². The lowest BCUT2D eigenvalue weighted by atomic mass is 9.81. The summed E-state index contributed by atoms with van der Waals surface area (Å²) in [5.74, 6) is 0. The molecular formula is C21H28. The first kappa shape index (κ1) is 15.8. The van der Waals surface area contributed by atoms with Gasteiger partial charge in [0.25, 0.3) is 0 Å². The van der Waals surface area contributed by atoms with Crippen LogP contribution < -0.4 is 0 Å². The highest BCUT2D eigenvalue weighted by atomic mass is 14.2. The van der Waals surface area contributed by atoms with Gasteiger partial charge in [0.15, 0.2) is 0 Å². The number of hydrogen-bond acceptors (Lipinski definition) is 0. The van der Waals surface area contributed by atoms with Gasteiger partial charge in [-0.25, -0.2) is 0 Å². The van der Waals surface area contributed by atoms with E-state index in [2.05, 4.69) is 75.4 Å². The largest absolute Gasteiger partial charge is 0.0654 e. The molecule has 0 heterocycles. The van der Waals surface area contributed by atoms with E-state index in [1.54, 1.807) is 0 Å². The predicted octanol–water partition coefficient (Wildman–Crippen LogP) is 6.50. The Kier molecular flexibility index (Phi) is 5.61. The molecule has 0 spiro atoms. The summed E-state index contributed by atoms with van der Waals surface area (Å²) in [7, 11) is 0. The minimum absolute atomic E-state index is 0.466. The van der Waals surface area contributed by atoms with Gasteiger partial charge in [0.1, 0.15) is 0 Å². The summed E-state index contributed by atoms with van der Waals surface area (Å²) in [4.78, 5) is 0. The Balaban J connectivity index is 1.94. The van der Waals surface area contributed by atoms with Crippen molar-refractivity contribution in [2.24, 2.45) is 5.41 Å². The summed E-state index contributed by atoms with van der Waals surface area (Å²) >= 11 is 0. The highest BCUT2D eigenvalue weighted by Crippen LogP contribution is 2.29. The molecule has 0 bridgehead atoms. The molecule has 0 saturated carbocycles. The average molecular weight is 280 g/mol. The second-order valence-corrected chi connectivity index (χ2v) is 6.83. The van der Waals surface area contributed by atoms with Gasteiger partial charge in [-0.05, 0) is 41.4 Å². The van der Waals surface area contributed by atoms with Crippen LogP contribution in [0.25, 0.3) is 11.1 Å². The molecule has 0 atom stereocenters. The molecule has 0 amide bonds. The Hall–Kier alpha value is -1.56. The van der Waals surface area contributed by atoms with Crippen LogP contribution in [0.5, 0.6) is 0 Å². The van der Waals surface area contributed by atoms with E-state index in [-0.39, 0.29) is 0 Å². The predicted molar refractivity (Wildman–Crippen MR) is 93.5 cm³/mol. The van der Waals surface area contributed by atoms with Gasteiger partial charge in [-0.15, -0.1) is 0 Å². The lowest BCUT2D eigenvalue weighted by molar-refractivity contribution is 0.298. The topological polar surface area (TPSA) is 0 Å². The van der Waals surface area contributed by atoms with E-state index >= 15 is 0 Å². The van der Waals surface area contributed by atoms with Gasteiger partial charge in [-0.1, -0.05) is 88.2 Å². The van der Waals surface area contributed by atoms with Gasteiger partial charge in [-0.2, -0.15) is 0 Å². The molecule has 0 saturated heterocycles. The molecule has 0 fully saturated rings. The molecule has 21 heavy (non-hydrogen) atoms. The maximum Gasteiger partial charge on any atom is -0.0184 e. The normalized spacial score (nSPS) is 11.6. The maximum absolute atomic E-state index is 2.40. The van der Waals surface area contributed by atoms with Crippen molar-refractivity contribution in [1.29, 1.82) is 0 Å². The van der Waals surface area contributed by atoms with E-state index in [9.17, 15) is 0 Å². The zero-order valence-electron chi connectivity index (χ0n) is 13.7. The molecule has 2 aromatic carbocycles. The SMILES string of the molecule is CCCCC(C)(C)CCc1ccc(-c2ccccc2)cc1. The third-order valence-electron chi connectivity index (χ3n) is 4.36. The maximum atomic E-state index is 2.40. The number of unbranched alkanes of at least 4 members (excludes halogenated alkanes) is 1. The van der Waals surface area contributed by atoms with Crippen molar-refractivity contribution < 1.29 is 0 Å². The standard InChI is InChI=1S/C21H28/c1-4-5-16-21(2,3)17-15-18-11-13-20(14-12-18)19-9-7-6-8-10-19/h6-14H,4-5,15-17H2,1-3H3. The minimum atomic E-state index is 0.466. The van der Waals surface area contributed by atoms with Gasteiger partial charge in [0.2, 0.25) is 0 Å². The fourth-order valence-electron chi connectivity index (χ4n) is 2.76. The molecule has 2 aromatic rings. The van der Waals surface area contributed by atoms with Crippen molar-refractivity contribution in [2.45, 2.75) is 52.9 Å². The molecule has 0 aliphatic carbocycles. The smallest absolute Gasteiger partial charge is 0.0184 e. The quantitative estimate of drug-likeness (QED) is 0.543. The number of rotatable bonds is 7. The summed E-state index contributed by atoms with van der Waals surface area (Å²) < 4.78 is 0. The second-order valence-electron chi connectivity index (χ2n) is 6.83. The molecule has 0 nitrogen and oxygen atoms in total. The summed E-state index contributed by atoms with van der Waals surface area (Å²) in [6.07, 6.45) is 6.45. The third-order valence-corrected chi connectivity index (χ3v) is 4.36. The van der Waals surface area contributed by atoms with Gasteiger partial charge in [-0.3, -0.25) is 0 Å². The Morgan fingerprint density at radius 2 is 1.38 bits per heavy atom. The Morgan fingerprint density at radius 3 is 2.00 bits per heavy atom. The number of aryl methyl sites for hydroxylation is 1. The Labute approximate surface area is 130 Å². The zero-order valence-corrected chi connectivity index (χ0v) is 13.7.